The first kappa shape index (κ1) is 29.0. The molecule has 1 aliphatic heterocycles. The molecule has 204 valence electrons. The quantitative estimate of drug-likeness (QED) is 0.426. The Bertz CT molecular complexity index is 1340. The number of sulfonamides is 2. The zero-order valence-electron chi connectivity index (χ0n) is 21.1. The van der Waals surface area contributed by atoms with Crippen molar-refractivity contribution in [3.63, 3.8) is 0 Å². The molecule has 1 saturated heterocycles. The van der Waals surface area contributed by atoms with E-state index in [1.54, 1.807) is 26.0 Å². The van der Waals surface area contributed by atoms with E-state index < -0.39 is 37.5 Å². The Balaban J connectivity index is 1.98. The summed E-state index contributed by atoms with van der Waals surface area (Å²) in [5.74, 6) is 0.288. The molecule has 0 amide bonds. The van der Waals surface area contributed by atoms with Crippen LogP contribution in [0.4, 0.5) is 18.9 Å². The van der Waals surface area contributed by atoms with Crippen LogP contribution in [0.1, 0.15) is 37.8 Å². The van der Waals surface area contributed by atoms with E-state index in [1.165, 1.54) is 35.7 Å². The van der Waals surface area contributed by atoms with Crippen molar-refractivity contribution >= 4 is 31.5 Å². The van der Waals surface area contributed by atoms with Gasteiger partial charge < -0.3 is 4.74 Å². The van der Waals surface area contributed by atoms with Crippen LogP contribution in [0.15, 0.2) is 59.0 Å². The molecule has 1 heterocycles. The van der Waals surface area contributed by atoms with Gasteiger partial charge in [0.1, 0.15) is 5.76 Å². The summed E-state index contributed by atoms with van der Waals surface area (Å²) in [6, 6.07) is 10.4. The summed E-state index contributed by atoms with van der Waals surface area (Å²) >= 11 is 0. The molecule has 0 radical (unpaired) electrons. The highest BCUT2D eigenvalue weighted by Gasteiger charge is 2.38. The van der Waals surface area contributed by atoms with Crippen LogP contribution >= 0.6 is 0 Å². The van der Waals surface area contributed by atoms with Crippen molar-refractivity contribution in [2.45, 2.75) is 37.8 Å². The first-order chi connectivity index (χ1) is 17.2. The summed E-state index contributed by atoms with van der Waals surface area (Å²) in [4.78, 5) is -0.152. The molecule has 12 heteroatoms. The van der Waals surface area contributed by atoms with Crippen LogP contribution in [0.5, 0.6) is 0 Å². The maximum Gasteiger partial charge on any atom is 0.418 e. The predicted octanol–water partition coefficient (Wildman–Crippen LogP) is 4.97. The van der Waals surface area contributed by atoms with Gasteiger partial charge in [-0.1, -0.05) is 26.0 Å². The molecule has 0 atom stereocenters. The summed E-state index contributed by atoms with van der Waals surface area (Å²) in [6.45, 7) is 3.95. The molecule has 0 bridgehead atoms. The molecular formula is C25H31F3N2O5S2. The maximum absolute atomic E-state index is 13.7. The lowest BCUT2D eigenvalue weighted by atomic mass is 10.0. The first-order valence-electron chi connectivity index (χ1n) is 11.7. The van der Waals surface area contributed by atoms with Gasteiger partial charge in [-0.2, -0.15) is 13.2 Å². The molecular weight excluding hydrogens is 529 g/mol. The van der Waals surface area contributed by atoms with Crippen LogP contribution in [-0.2, 0) is 31.0 Å². The fourth-order valence-corrected chi connectivity index (χ4v) is 6.77. The van der Waals surface area contributed by atoms with Crippen LogP contribution in [0.2, 0.25) is 0 Å². The van der Waals surface area contributed by atoms with E-state index in [1.807, 2.05) is 0 Å². The number of rotatable bonds is 8. The van der Waals surface area contributed by atoms with Gasteiger partial charge in [0.05, 0.1) is 29.5 Å². The summed E-state index contributed by atoms with van der Waals surface area (Å²) in [7, 11) is -6.14. The van der Waals surface area contributed by atoms with Gasteiger partial charge >= 0.3 is 6.18 Å². The number of halogens is 3. The Morgan fingerprint density at radius 2 is 1.57 bits per heavy atom. The van der Waals surface area contributed by atoms with Crippen LogP contribution in [0.3, 0.4) is 0 Å². The summed E-state index contributed by atoms with van der Waals surface area (Å²) in [5.41, 5.74) is 0.0432. The molecule has 0 N–H and O–H groups in total. The normalized spacial score (nSPS) is 15.6. The third-order valence-corrected chi connectivity index (χ3v) is 9.13. The minimum atomic E-state index is -4.72. The highest BCUT2D eigenvalue weighted by molar-refractivity contribution is 7.92. The molecule has 2 aromatic rings. The smallest absolute Gasteiger partial charge is 0.418 e. The summed E-state index contributed by atoms with van der Waals surface area (Å²) in [5, 5.41) is 0. The second kappa shape index (κ2) is 11.0. The molecule has 7 nitrogen and oxygen atoms in total. The Morgan fingerprint density at radius 3 is 2.05 bits per heavy atom. The van der Waals surface area contributed by atoms with Gasteiger partial charge in [-0.3, -0.25) is 4.31 Å². The Hall–Kier alpha value is -2.57. The molecule has 0 saturated carbocycles. The van der Waals surface area contributed by atoms with Gasteiger partial charge in [0, 0.05) is 25.2 Å². The highest BCUT2D eigenvalue weighted by Crippen LogP contribution is 2.39. The Labute approximate surface area is 216 Å². The second-order valence-electron chi connectivity index (χ2n) is 9.27. The van der Waals surface area contributed by atoms with Crippen LogP contribution in [0.25, 0.3) is 5.76 Å². The number of benzene rings is 2. The largest absolute Gasteiger partial charge is 0.496 e. The number of anilines is 1. The first-order valence-corrected chi connectivity index (χ1v) is 15.0. The third-order valence-electron chi connectivity index (χ3n) is 6.03. The van der Waals surface area contributed by atoms with Crippen LogP contribution < -0.4 is 4.31 Å². The number of alkyl halides is 3. The van der Waals surface area contributed by atoms with Gasteiger partial charge in [0.15, 0.2) is 0 Å². The SMILES string of the molecule is COC(=C1CCN(S(C)(=O)=O)CC1)c1ccc(S(=O)(=O)N(CC(C)C)c2ccccc2C(F)(F)F)cc1. The van der Waals surface area contributed by atoms with E-state index >= 15 is 0 Å². The lowest BCUT2D eigenvalue weighted by Gasteiger charge is -2.29. The van der Waals surface area contributed by atoms with Crippen LogP contribution in [0, 0.1) is 5.92 Å². The van der Waals surface area contributed by atoms with Crippen molar-refractivity contribution in [2.24, 2.45) is 5.92 Å². The molecule has 2 aromatic carbocycles. The number of piperidine rings is 1. The molecule has 0 unspecified atom stereocenters. The van der Waals surface area contributed by atoms with E-state index in [2.05, 4.69) is 0 Å². The molecule has 0 aromatic heterocycles. The lowest BCUT2D eigenvalue weighted by Crippen LogP contribution is -2.36. The monoisotopic (exact) mass is 560 g/mol. The average molecular weight is 561 g/mol. The van der Waals surface area contributed by atoms with E-state index in [0.717, 1.165) is 28.3 Å². The Kier molecular flexibility index (Phi) is 8.65. The molecule has 0 spiro atoms. The number of hydrogen-bond acceptors (Lipinski definition) is 5. The lowest BCUT2D eigenvalue weighted by molar-refractivity contribution is -0.137. The summed E-state index contributed by atoms with van der Waals surface area (Å²) in [6.07, 6.45) is -2.63. The molecule has 1 fully saturated rings. The van der Waals surface area contributed by atoms with Crippen molar-refractivity contribution < 1.29 is 34.7 Å². The standard InChI is InChI=1S/C25H31F3N2O5S2/c1-18(2)17-30(23-8-6-5-7-22(23)25(26,27)28)37(33,34)21-11-9-19(10-12-21)24(35-3)20-13-15-29(16-14-20)36(4,31)32/h5-12,18H,13-17H2,1-4H3. The number of methoxy groups -OCH3 is 1. The molecule has 3 rings (SSSR count). The number of hydrogen-bond donors (Lipinski definition) is 0. The maximum atomic E-state index is 13.7. The number of ether oxygens (including phenoxy) is 1. The zero-order chi connectivity index (χ0) is 27.6. The van der Waals surface area contributed by atoms with Gasteiger partial charge in [0.2, 0.25) is 10.0 Å². The zero-order valence-corrected chi connectivity index (χ0v) is 22.8. The van der Waals surface area contributed by atoms with Crippen molar-refractivity contribution in [1.29, 1.82) is 0 Å². The van der Waals surface area contributed by atoms with Crippen molar-refractivity contribution in [2.75, 3.05) is 37.3 Å². The van der Waals surface area contributed by atoms with E-state index in [0.29, 0.717) is 37.3 Å². The summed E-state index contributed by atoms with van der Waals surface area (Å²) < 4.78 is 99.6. The fraction of sp³-hybridized carbons (Fsp3) is 0.440. The second-order valence-corrected chi connectivity index (χ2v) is 13.1. The molecule has 37 heavy (non-hydrogen) atoms. The van der Waals surface area contributed by atoms with Crippen LogP contribution in [-0.4, -0.2) is 54.1 Å². The average Bonchev–Trinajstić information content (AvgIpc) is 2.82. The van der Waals surface area contributed by atoms with Crippen molar-refractivity contribution in [3.05, 3.63) is 65.2 Å². The van der Waals surface area contributed by atoms with Crippen molar-refractivity contribution in [1.82, 2.24) is 4.31 Å². The number of para-hydroxylation sites is 1. The molecule has 0 aliphatic carbocycles. The van der Waals surface area contributed by atoms with E-state index in [-0.39, 0.29) is 17.4 Å². The van der Waals surface area contributed by atoms with Crippen molar-refractivity contribution in [3.8, 4) is 0 Å². The minimum absolute atomic E-state index is 0.138. The minimum Gasteiger partial charge on any atom is -0.496 e. The number of nitrogens with zero attached hydrogens (tertiary/aromatic N) is 2. The molecule has 1 aliphatic rings. The van der Waals surface area contributed by atoms with Gasteiger partial charge in [-0.15, -0.1) is 0 Å². The Morgan fingerprint density at radius 1 is 1.00 bits per heavy atom. The van der Waals surface area contributed by atoms with E-state index in [4.69, 9.17) is 4.74 Å². The van der Waals surface area contributed by atoms with Gasteiger partial charge in [-0.05, 0) is 60.7 Å². The van der Waals surface area contributed by atoms with Gasteiger partial charge in [-0.25, -0.2) is 21.1 Å². The van der Waals surface area contributed by atoms with Gasteiger partial charge in [0.25, 0.3) is 10.0 Å². The highest BCUT2D eigenvalue weighted by atomic mass is 32.2. The van der Waals surface area contributed by atoms with E-state index in [9.17, 15) is 30.0 Å². The fourth-order valence-electron chi connectivity index (χ4n) is 4.28. The third kappa shape index (κ3) is 6.66. The predicted molar refractivity (Wildman–Crippen MR) is 137 cm³/mol. The topological polar surface area (TPSA) is 84.0 Å².